The molecule has 3 rings (SSSR count). The summed E-state index contributed by atoms with van der Waals surface area (Å²) < 4.78 is 1.40. The van der Waals surface area contributed by atoms with E-state index >= 15 is 0 Å². The first-order valence-electron chi connectivity index (χ1n) is 7.97. The zero-order valence-electron chi connectivity index (χ0n) is 12.7. The normalized spacial score (nSPS) is 21.1. The van der Waals surface area contributed by atoms with E-state index in [9.17, 15) is 9.59 Å². The summed E-state index contributed by atoms with van der Waals surface area (Å²) in [5.74, 6) is 0.691. The monoisotopic (exact) mass is 310 g/mol. The van der Waals surface area contributed by atoms with Crippen LogP contribution in [0.4, 0.5) is 0 Å². The summed E-state index contributed by atoms with van der Waals surface area (Å²) in [7, 11) is 0. The van der Waals surface area contributed by atoms with Crippen LogP contribution in [-0.2, 0) is 6.54 Å². The van der Waals surface area contributed by atoms with Crippen LogP contribution in [0.5, 0.6) is 0 Å². The third-order valence-electron chi connectivity index (χ3n) is 5.53. The lowest BCUT2D eigenvalue weighted by Gasteiger charge is -2.21. The molecule has 1 N–H and O–H groups in total. The minimum absolute atomic E-state index is 0.123. The number of halogens is 1. The Morgan fingerprint density at radius 2 is 1.90 bits per heavy atom. The Hall–Kier alpha value is -1.03. The van der Waals surface area contributed by atoms with Crippen LogP contribution >= 0.6 is 11.6 Å². The van der Waals surface area contributed by atoms with Crippen LogP contribution in [-0.4, -0.2) is 9.55 Å². The third kappa shape index (κ3) is 2.59. The Balaban J connectivity index is 2.03. The second-order valence-corrected chi connectivity index (χ2v) is 7.43. The highest BCUT2D eigenvalue weighted by atomic mass is 35.5. The Bertz CT molecular complexity index is 649. The maximum atomic E-state index is 12.8. The van der Waals surface area contributed by atoms with Gasteiger partial charge in [0.1, 0.15) is 5.15 Å². The van der Waals surface area contributed by atoms with Gasteiger partial charge in [0.05, 0.1) is 5.56 Å². The largest absolute Gasteiger partial charge is 0.329 e. The summed E-state index contributed by atoms with van der Waals surface area (Å²) in [6, 6.07) is 0. The predicted molar refractivity (Wildman–Crippen MR) is 84.0 cm³/mol. The molecule has 0 saturated heterocycles. The first kappa shape index (κ1) is 14.9. The number of nitrogens with one attached hydrogen (secondary N) is 1. The first-order chi connectivity index (χ1) is 9.94. The third-order valence-corrected chi connectivity index (χ3v) is 5.83. The molecule has 0 radical (unpaired) electrons. The molecule has 0 bridgehead atoms. The lowest BCUT2D eigenvalue weighted by Crippen LogP contribution is -2.41. The first-order valence-corrected chi connectivity index (χ1v) is 8.35. The molecule has 0 atom stereocenters. The predicted octanol–water partition coefficient (Wildman–Crippen LogP) is 3.28. The van der Waals surface area contributed by atoms with E-state index in [0.29, 0.717) is 18.0 Å². The van der Waals surface area contributed by atoms with Gasteiger partial charge in [0.15, 0.2) is 0 Å². The fourth-order valence-corrected chi connectivity index (χ4v) is 3.98. The standard InChI is InChI=1S/C16H23ClN2O2/c1-10(2)16(7-8-16)9-19-14(20)12(11-5-3-4-6-11)13(17)18-15(19)21/h10-11H,3-9H2,1-2H3,(H,18,21). The molecule has 0 aromatic carbocycles. The minimum atomic E-state index is -0.362. The average Bonchev–Trinajstić information content (AvgIpc) is 3.02. The van der Waals surface area contributed by atoms with Gasteiger partial charge in [0.2, 0.25) is 0 Å². The van der Waals surface area contributed by atoms with Crippen LogP contribution in [0.25, 0.3) is 0 Å². The smallest absolute Gasteiger partial charge is 0.297 e. The van der Waals surface area contributed by atoms with Gasteiger partial charge >= 0.3 is 5.69 Å². The molecule has 4 nitrogen and oxygen atoms in total. The number of H-pyrrole nitrogens is 1. The second-order valence-electron chi connectivity index (χ2n) is 7.05. The average molecular weight is 311 g/mol. The van der Waals surface area contributed by atoms with Crippen molar-refractivity contribution in [2.45, 2.75) is 64.8 Å². The van der Waals surface area contributed by atoms with E-state index in [-0.39, 0.29) is 27.7 Å². The van der Waals surface area contributed by atoms with Crippen molar-refractivity contribution in [1.82, 2.24) is 9.55 Å². The molecule has 2 aliphatic carbocycles. The van der Waals surface area contributed by atoms with Crippen molar-refractivity contribution >= 4 is 11.6 Å². The molecule has 116 valence electrons. The van der Waals surface area contributed by atoms with Gasteiger partial charge in [0.25, 0.3) is 5.56 Å². The van der Waals surface area contributed by atoms with Gasteiger partial charge in [-0.15, -0.1) is 0 Å². The quantitative estimate of drug-likeness (QED) is 0.868. The minimum Gasteiger partial charge on any atom is -0.297 e. The van der Waals surface area contributed by atoms with E-state index in [1.54, 1.807) is 0 Å². The number of aromatic nitrogens is 2. The highest BCUT2D eigenvalue weighted by Crippen LogP contribution is 2.52. The summed E-state index contributed by atoms with van der Waals surface area (Å²) in [4.78, 5) is 27.7. The van der Waals surface area contributed by atoms with Crippen molar-refractivity contribution in [3.8, 4) is 0 Å². The van der Waals surface area contributed by atoms with E-state index in [2.05, 4.69) is 18.8 Å². The molecule has 1 aromatic rings. The number of nitrogens with zero attached hydrogens (tertiary/aromatic N) is 1. The summed E-state index contributed by atoms with van der Waals surface area (Å²) >= 11 is 6.17. The van der Waals surface area contributed by atoms with Crippen LogP contribution in [0.1, 0.15) is 63.9 Å². The number of hydrogen-bond donors (Lipinski definition) is 1. The van der Waals surface area contributed by atoms with Gasteiger partial charge in [-0.25, -0.2) is 4.79 Å². The highest BCUT2D eigenvalue weighted by Gasteiger charge is 2.46. The van der Waals surface area contributed by atoms with Crippen LogP contribution in [0.2, 0.25) is 5.15 Å². The molecule has 2 aliphatic rings. The van der Waals surface area contributed by atoms with E-state index < -0.39 is 0 Å². The van der Waals surface area contributed by atoms with E-state index in [1.807, 2.05) is 0 Å². The SMILES string of the molecule is CC(C)C1(Cn2c(=O)[nH]c(Cl)c(C3CCCC3)c2=O)CC1. The fraction of sp³-hybridized carbons (Fsp3) is 0.750. The summed E-state index contributed by atoms with van der Waals surface area (Å²) in [6.45, 7) is 4.86. The Morgan fingerprint density at radius 1 is 1.29 bits per heavy atom. The van der Waals surface area contributed by atoms with Crippen molar-refractivity contribution in [3.63, 3.8) is 0 Å². The maximum Gasteiger partial charge on any atom is 0.329 e. The Morgan fingerprint density at radius 3 is 2.43 bits per heavy atom. The molecule has 2 saturated carbocycles. The zero-order chi connectivity index (χ0) is 15.2. The van der Waals surface area contributed by atoms with Crippen LogP contribution in [0.3, 0.4) is 0 Å². The molecular weight excluding hydrogens is 288 g/mol. The molecular formula is C16H23ClN2O2. The fourth-order valence-electron chi connectivity index (χ4n) is 3.67. The van der Waals surface area contributed by atoms with Crippen molar-refractivity contribution in [2.24, 2.45) is 11.3 Å². The van der Waals surface area contributed by atoms with E-state index in [1.165, 1.54) is 4.57 Å². The molecule has 0 amide bonds. The van der Waals surface area contributed by atoms with Gasteiger partial charge in [-0.05, 0) is 42.9 Å². The zero-order valence-corrected chi connectivity index (χ0v) is 13.5. The molecule has 1 aromatic heterocycles. The summed E-state index contributed by atoms with van der Waals surface area (Å²) in [6.07, 6.45) is 6.45. The van der Waals surface area contributed by atoms with Gasteiger partial charge in [-0.3, -0.25) is 14.3 Å². The Labute approximate surface area is 129 Å². The number of rotatable bonds is 4. The summed E-state index contributed by atoms with van der Waals surface area (Å²) in [5.41, 5.74) is 0.229. The van der Waals surface area contributed by atoms with E-state index in [0.717, 1.165) is 38.5 Å². The molecule has 21 heavy (non-hydrogen) atoms. The van der Waals surface area contributed by atoms with Crippen LogP contribution < -0.4 is 11.2 Å². The molecule has 1 heterocycles. The molecule has 0 unspecified atom stereocenters. The molecule has 2 fully saturated rings. The van der Waals surface area contributed by atoms with E-state index in [4.69, 9.17) is 11.6 Å². The maximum absolute atomic E-state index is 12.8. The lowest BCUT2D eigenvalue weighted by atomic mass is 9.92. The van der Waals surface area contributed by atoms with Gasteiger partial charge in [-0.2, -0.15) is 0 Å². The van der Waals surface area contributed by atoms with Crippen LogP contribution in [0, 0.1) is 11.3 Å². The van der Waals surface area contributed by atoms with Crippen molar-refractivity contribution in [2.75, 3.05) is 0 Å². The summed E-state index contributed by atoms with van der Waals surface area (Å²) in [5, 5.41) is 0.252. The van der Waals surface area contributed by atoms with Gasteiger partial charge in [-0.1, -0.05) is 38.3 Å². The van der Waals surface area contributed by atoms with Crippen molar-refractivity contribution in [3.05, 3.63) is 31.6 Å². The molecule has 0 spiro atoms. The number of aromatic amines is 1. The van der Waals surface area contributed by atoms with Gasteiger partial charge < -0.3 is 0 Å². The molecule has 5 heteroatoms. The Kier molecular flexibility index (Phi) is 3.76. The number of hydrogen-bond acceptors (Lipinski definition) is 2. The van der Waals surface area contributed by atoms with Crippen LogP contribution in [0.15, 0.2) is 9.59 Å². The highest BCUT2D eigenvalue weighted by molar-refractivity contribution is 6.30. The second kappa shape index (κ2) is 5.31. The topological polar surface area (TPSA) is 54.9 Å². The molecule has 0 aliphatic heterocycles. The van der Waals surface area contributed by atoms with Crippen molar-refractivity contribution in [1.29, 1.82) is 0 Å². The lowest BCUT2D eigenvalue weighted by molar-refractivity contribution is 0.298. The van der Waals surface area contributed by atoms with Crippen molar-refractivity contribution < 1.29 is 0 Å². The van der Waals surface area contributed by atoms with Gasteiger partial charge in [0, 0.05) is 6.54 Å².